The van der Waals surface area contributed by atoms with E-state index < -0.39 is 12.1 Å². The van der Waals surface area contributed by atoms with Gasteiger partial charge in [0.15, 0.2) is 0 Å². The van der Waals surface area contributed by atoms with Gasteiger partial charge >= 0.3 is 0 Å². The maximum Gasteiger partial charge on any atom is 0.213 e. The fourth-order valence-electron chi connectivity index (χ4n) is 6.24. The smallest absolute Gasteiger partial charge is 0.213 e. The van der Waals surface area contributed by atoms with E-state index in [1.165, 1.54) is 12.3 Å². The highest BCUT2D eigenvalue weighted by Crippen LogP contribution is 2.37. The molecule has 1 N–H and O–H groups in total. The van der Waals surface area contributed by atoms with E-state index in [4.69, 9.17) is 19.7 Å². The van der Waals surface area contributed by atoms with Crippen molar-refractivity contribution in [2.75, 3.05) is 44.8 Å². The minimum Gasteiger partial charge on any atom is -0.393 e. The minimum atomic E-state index is -0.580. The minimum absolute atomic E-state index is 0.0456. The van der Waals surface area contributed by atoms with Crippen LogP contribution in [-0.2, 0) is 20.8 Å². The molecule has 45 heavy (non-hydrogen) atoms. The highest BCUT2D eigenvalue weighted by Gasteiger charge is 2.37. The van der Waals surface area contributed by atoms with Crippen molar-refractivity contribution in [1.82, 2.24) is 24.8 Å². The molecule has 1 aromatic carbocycles. The molecule has 0 spiro atoms. The zero-order chi connectivity index (χ0) is 31.3. The van der Waals surface area contributed by atoms with Crippen LogP contribution in [0, 0.1) is 18.8 Å². The van der Waals surface area contributed by atoms with Crippen molar-refractivity contribution >= 4 is 11.6 Å². The van der Waals surface area contributed by atoms with Crippen LogP contribution in [-0.4, -0.2) is 81.7 Å². The number of carbonyl (C=O) groups is 1. The zero-order valence-electron chi connectivity index (χ0n) is 25.7. The lowest BCUT2D eigenvalue weighted by molar-refractivity contribution is -0.155. The summed E-state index contributed by atoms with van der Waals surface area (Å²) < 4.78 is 21.1. The molecule has 236 valence electrons. The van der Waals surface area contributed by atoms with Crippen LogP contribution in [0.25, 0.3) is 16.9 Å². The first-order valence-corrected chi connectivity index (χ1v) is 15.5. The van der Waals surface area contributed by atoms with Gasteiger partial charge in [-0.05, 0) is 67.3 Å². The molecule has 0 unspecified atom stereocenters. The molecule has 0 amide bonds. The van der Waals surface area contributed by atoms with Crippen molar-refractivity contribution in [3.05, 3.63) is 89.8 Å². The molecule has 4 aromatic rings. The number of aliphatic hydroxyl groups excluding tert-OH is 1. The summed E-state index contributed by atoms with van der Waals surface area (Å²) in [7, 11) is 1.63. The maximum atomic E-state index is 14.0. The molecule has 2 aliphatic rings. The number of piperidine rings is 1. The van der Waals surface area contributed by atoms with Crippen LogP contribution in [0.15, 0.2) is 67.0 Å². The standard InChI is InChI=1S/C34H39FN6O4/c1-23-30(20-29(43)18-26-22-40(16-17-44-2)45-34(26)24-10-13-36-31(35)19-24)41(27-6-4-3-5-7-27)38-33(23)25-8-9-32(37-21-25)39-14-11-28(42)12-15-39/h3-10,13,19,21,26,28,34,42H,11-12,14-18,20,22H2,1-2H3/t26-,34+/m1/s1. The average Bonchev–Trinajstić information content (AvgIpc) is 3.61. The van der Waals surface area contributed by atoms with Crippen LogP contribution in [0.2, 0.25) is 0 Å². The number of Topliss-reactive ketones (excluding diaryl/α,β-unsaturated/α-hetero) is 1. The van der Waals surface area contributed by atoms with Crippen LogP contribution < -0.4 is 4.90 Å². The second-order valence-corrected chi connectivity index (χ2v) is 11.8. The first kappa shape index (κ1) is 31.0. The molecular weight excluding hydrogens is 575 g/mol. The Bertz CT molecular complexity index is 1590. The number of pyridine rings is 2. The highest BCUT2D eigenvalue weighted by atomic mass is 19.1. The van der Waals surface area contributed by atoms with Gasteiger partial charge in [-0.25, -0.2) is 14.6 Å². The number of ketones is 1. The monoisotopic (exact) mass is 614 g/mol. The van der Waals surface area contributed by atoms with Gasteiger partial charge in [-0.1, -0.05) is 18.2 Å². The first-order valence-electron chi connectivity index (χ1n) is 15.5. The van der Waals surface area contributed by atoms with Crippen LogP contribution >= 0.6 is 0 Å². The topological polar surface area (TPSA) is 106 Å². The van der Waals surface area contributed by atoms with Crippen molar-refractivity contribution in [1.29, 1.82) is 0 Å². The number of aliphatic hydroxyl groups is 1. The van der Waals surface area contributed by atoms with Crippen LogP contribution in [0.5, 0.6) is 0 Å². The van der Waals surface area contributed by atoms with Gasteiger partial charge in [0.05, 0.1) is 29.8 Å². The number of nitrogens with zero attached hydrogens (tertiary/aromatic N) is 6. The van der Waals surface area contributed by atoms with E-state index in [9.17, 15) is 14.3 Å². The number of benzene rings is 1. The third kappa shape index (κ3) is 7.12. The van der Waals surface area contributed by atoms with Gasteiger partial charge in [-0.2, -0.15) is 14.6 Å². The second-order valence-electron chi connectivity index (χ2n) is 11.8. The van der Waals surface area contributed by atoms with Crippen LogP contribution in [0.3, 0.4) is 0 Å². The lowest BCUT2D eigenvalue weighted by atomic mass is 9.91. The molecule has 2 saturated heterocycles. The quantitative estimate of drug-likeness (QED) is 0.245. The van der Waals surface area contributed by atoms with E-state index in [2.05, 4.69) is 9.88 Å². The predicted octanol–water partition coefficient (Wildman–Crippen LogP) is 4.49. The fourth-order valence-corrected chi connectivity index (χ4v) is 6.24. The second kappa shape index (κ2) is 13.9. The Morgan fingerprint density at radius 2 is 1.91 bits per heavy atom. The van der Waals surface area contributed by atoms with Crippen molar-refractivity contribution in [2.45, 2.75) is 44.8 Å². The zero-order valence-corrected chi connectivity index (χ0v) is 25.7. The van der Waals surface area contributed by atoms with Crippen LogP contribution in [0.1, 0.15) is 42.2 Å². The molecule has 5 heterocycles. The molecule has 10 nitrogen and oxygen atoms in total. The molecule has 3 aromatic heterocycles. The molecule has 0 radical (unpaired) electrons. The molecule has 0 bridgehead atoms. The number of ether oxygens (including phenoxy) is 1. The lowest BCUT2D eigenvalue weighted by Crippen LogP contribution is -2.36. The number of rotatable bonds is 11. The molecular formula is C34H39FN6O4. The Kier molecular flexibility index (Phi) is 9.60. The number of hydrogen-bond acceptors (Lipinski definition) is 9. The number of anilines is 1. The Morgan fingerprint density at radius 1 is 1.11 bits per heavy atom. The van der Waals surface area contributed by atoms with Gasteiger partial charge in [0.1, 0.15) is 17.7 Å². The van der Waals surface area contributed by atoms with Gasteiger partial charge in [0, 0.05) is 70.0 Å². The summed E-state index contributed by atoms with van der Waals surface area (Å²) in [5, 5.41) is 16.7. The molecule has 2 atom stereocenters. The van der Waals surface area contributed by atoms with Gasteiger partial charge < -0.3 is 14.7 Å². The Labute approximate surface area is 262 Å². The first-order chi connectivity index (χ1) is 21.9. The van der Waals surface area contributed by atoms with E-state index in [1.54, 1.807) is 18.2 Å². The maximum absolute atomic E-state index is 14.0. The Balaban J connectivity index is 1.25. The molecule has 6 rings (SSSR count). The SMILES string of the molecule is COCCN1C[C@@H](CC(=O)Cc2c(C)c(-c3ccc(N4CCC(O)CC4)nc3)nn2-c2ccccc2)[C@H](c2ccnc(F)c2)O1. The van der Waals surface area contributed by atoms with Crippen molar-refractivity contribution in [3.63, 3.8) is 0 Å². The summed E-state index contributed by atoms with van der Waals surface area (Å²) in [6.45, 7) is 5.09. The number of hydroxylamine groups is 2. The fraction of sp³-hybridized carbons (Fsp3) is 0.412. The third-order valence-electron chi connectivity index (χ3n) is 8.66. The molecule has 2 aliphatic heterocycles. The summed E-state index contributed by atoms with van der Waals surface area (Å²) in [6.07, 6.45) is 4.46. The number of carbonyl (C=O) groups excluding carboxylic acids is 1. The Hall–Kier alpha value is -4.03. The molecule has 0 aliphatic carbocycles. The number of para-hydroxylation sites is 1. The van der Waals surface area contributed by atoms with E-state index in [1.807, 2.05) is 60.3 Å². The van der Waals surface area contributed by atoms with Crippen molar-refractivity contribution in [2.24, 2.45) is 5.92 Å². The summed E-state index contributed by atoms with van der Waals surface area (Å²) >= 11 is 0. The van der Waals surface area contributed by atoms with Crippen LogP contribution in [0.4, 0.5) is 10.2 Å². The Morgan fingerprint density at radius 3 is 2.62 bits per heavy atom. The van der Waals surface area contributed by atoms with Gasteiger partial charge in [0.2, 0.25) is 5.95 Å². The van der Waals surface area contributed by atoms with Gasteiger partial charge in [-0.3, -0.25) is 9.63 Å². The van der Waals surface area contributed by atoms with Crippen molar-refractivity contribution < 1.29 is 23.9 Å². The molecule has 2 fully saturated rings. The summed E-state index contributed by atoms with van der Waals surface area (Å²) in [4.78, 5) is 30.6. The number of methoxy groups -OCH3 is 1. The lowest BCUT2D eigenvalue weighted by Gasteiger charge is -2.30. The van der Waals surface area contributed by atoms with Gasteiger partial charge in [-0.15, -0.1) is 0 Å². The van der Waals surface area contributed by atoms with E-state index in [-0.39, 0.29) is 30.6 Å². The summed E-state index contributed by atoms with van der Waals surface area (Å²) in [5.74, 6) is 0.174. The number of halogens is 1. The highest BCUT2D eigenvalue weighted by molar-refractivity contribution is 5.82. The summed E-state index contributed by atoms with van der Waals surface area (Å²) in [6, 6.07) is 16.9. The molecule has 11 heteroatoms. The normalized spacial score (nSPS) is 19.3. The predicted molar refractivity (Wildman–Crippen MR) is 167 cm³/mol. The third-order valence-corrected chi connectivity index (χ3v) is 8.66. The largest absolute Gasteiger partial charge is 0.393 e. The summed E-state index contributed by atoms with van der Waals surface area (Å²) in [5.41, 5.74) is 4.90. The molecule has 0 saturated carbocycles. The number of aromatic nitrogens is 4. The van der Waals surface area contributed by atoms with E-state index in [0.717, 1.165) is 60.0 Å². The van der Waals surface area contributed by atoms with E-state index >= 15 is 0 Å². The average molecular weight is 615 g/mol. The number of hydrogen-bond donors (Lipinski definition) is 1. The van der Waals surface area contributed by atoms with Gasteiger partial charge in [0.25, 0.3) is 0 Å². The van der Waals surface area contributed by atoms with Crippen molar-refractivity contribution in [3.8, 4) is 16.9 Å². The van der Waals surface area contributed by atoms with E-state index in [0.29, 0.717) is 25.3 Å².